The van der Waals surface area contributed by atoms with Gasteiger partial charge in [0.1, 0.15) is 24.0 Å². The number of nitrogens with zero attached hydrogens (tertiary/aromatic N) is 1. The van der Waals surface area contributed by atoms with Crippen LogP contribution in [0.3, 0.4) is 0 Å². The largest absolute Gasteiger partial charge is 0.455 e. The first-order valence-electron chi connectivity index (χ1n) is 9.42. The summed E-state index contributed by atoms with van der Waals surface area (Å²) in [5, 5.41) is 0. The van der Waals surface area contributed by atoms with E-state index in [1.54, 1.807) is 6.92 Å². The second kappa shape index (κ2) is 9.86. The molecule has 0 aliphatic rings. The van der Waals surface area contributed by atoms with Crippen LogP contribution >= 0.6 is 0 Å². The van der Waals surface area contributed by atoms with Crippen molar-refractivity contribution in [3.8, 4) is 11.5 Å². The summed E-state index contributed by atoms with van der Waals surface area (Å²) in [6, 6.07) is 5.25. The number of hydrogen-bond acceptors (Lipinski definition) is 5. The van der Waals surface area contributed by atoms with Crippen molar-refractivity contribution in [3.05, 3.63) is 53.3 Å². The number of pyridine rings is 1. The van der Waals surface area contributed by atoms with Gasteiger partial charge in [0.15, 0.2) is 5.78 Å². The van der Waals surface area contributed by atoms with Crippen molar-refractivity contribution < 1.29 is 45.3 Å². The summed E-state index contributed by atoms with van der Waals surface area (Å²) < 4.78 is 96.9. The average molecular weight is 465 g/mol. The number of methoxy groups -OCH3 is 1. The van der Waals surface area contributed by atoms with Crippen LogP contribution in [-0.2, 0) is 21.5 Å². The summed E-state index contributed by atoms with van der Waals surface area (Å²) in [7, 11) is 0.919. The molecule has 2 rings (SSSR count). The summed E-state index contributed by atoms with van der Waals surface area (Å²) in [4.78, 5) is 15.2. The normalized spacial score (nSPS) is 12.7. The molecular weight excluding hydrogens is 444 g/mol. The lowest BCUT2D eigenvalue weighted by Gasteiger charge is -2.37. The highest BCUT2D eigenvalue weighted by molar-refractivity contribution is 5.92. The first-order chi connectivity index (χ1) is 14.9. The zero-order valence-corrected chi connectivity index (χ0v) is 17.4. The number of alkyl halides is 6. The van der Waals surface area contributed by atoms with E-state index in [0.29, 0.717) is 12.5 Å². The van der Waals surface area contributed by atoms with E-state index >= 15 is 0 Å². The number of carbonyl (C=O) groups excluding carboxylic acids is 1. The van der Waals surface area contributed by atoms with Crippen molar-refractivity contribution in [1.29, 1.82) is 0 Å². The van der Waals surface area contributed by atoms with Crippen LogP contribution in [0.1, 0.15) is 41.9 Å². The highest BCUT2D eigenvalue weighted by Crippen LogP contribution is 2.53. The van der Waals surface area contributed by atoms with Crippen LogP contribution in [-0.4, -0.2) is 37.0 Å². The number of Topliss-reactive ketones (excluding diaryl/α,β-unsaturated/α-hetero) is 1. The first kappa shape index (κ1) is 25.6. The Morgan fingerprint density at radius 1 is 1.03 bits per heavy atom. The number of ether oxygens (including phenoxy) is 3. The van der Waals surface area contributed by atoms with E-state index in [1.807, 2.05) is 0 Å². The maximum absolute atomic E-state index is 13.8. The molecule has 1 aromatic carbocycles. The second-order valence-electron chi connectivity index (χ2n) is 6.84. The molecule has 5 nitrogen and oxygen atoms in total. The number of ketones is 1. The van der Waals surface area contributed by atoms with Gasteiger partial charge in [-0.05, 0) is 36.2 Å². The Morgan fingerprint density at radius 2 is 1.69 bits per heavy atom. The fourth-order valence-electron chi connectivity index (χ4n) is 3.02. The Labute approximate surface area is 180 Å². The van der Waals surface area contributed by atoms with Gasteiger partial charge in [-0.1, -0.05) is 19.4 Å². The number of aryl methyl sites for hydroxylation is 1. The zero-order chi connectivity index (χ0) is 24.2. The third kappa shape index (κ3) is 5.21. The minimum atomic E-state index is -5.82. The summed E-state index contributed by atoms with van der Waals surface area (Å²) in [5.74, 6) is -0.0640. The van der Waals surface area contributed by atoms with Crippen LogP contribution in [0.25, 0.3) is 0 Å². The zero-order valence-electron chi connectivity index (χ0n) is 17.4. The molecule has 1 heterocycles. The summed E-state index contributed by atoms with van der Waals surface area (Å²) in [5.41, 5.74) is -5.44. The SMILES string of the molecule is CCCc1cc(C(OCOC)(C(F)(F)F)C(F)(F)F)ccc1Oc1ccc(C(C)=O)nc1. The Morgan fingerprint density at radius 3 is 2.16 bits per heavy atom. The molecule has 0 amide bonds. The van der Waals surface area contributed by atoms with E-state index in [2.05, 4.69) is 14.5 Å². The minimum absolute atomic E-state index is 0.0537. The van der Waals surface area contributed by atoms with Gasteiger partial charge in [0.2, 0.25) is 0 Å². The Bertz CT molecular complexity index is 911. The number of hydrogen-bond donors (Lipinski definition) is 0. The monoisotopic (exact) mass is 465 g/mol. The molecule has 0 unspecified atom stereocenters. The molecule has 0 saturated carbocycles. The van der Waals surface area contributed by atoms with Crippen LogP contribution in [0.4, 0.5) is 26.3 Å². The molecule has 32 heavy (non-hydrogen) atoms. The van der Waals surface area contributed by atoms with Gasteiger partial charge in [-0.25, -0.2) is 4.98 Å². The summed E-state index contributed by atoms with van der Waals surface area (Å²) >= 11 is 0. The van der Waals surface area contributed by atoms with E-state index in [9.17, 15) is 31.1 Å². The molecule has 0 N–H and O–H groups in total. The maximum Gasteiger partial charge on any atom is 0.430 e. The van der Waals surface area contributed by atoms with Crippen molar-refractivity contribution >= 4 is 5.78 Å². The fourth-order valence-corrected chi connectivity index (χ4v) is 3.02. The number of benzene rings is 1. The van der Waals surface area contributed by atoms with Gasteiger partial charge in [0, 0.05) is 19.6 Å². The molecule has 176 valence electrons. The third-order valence-corrected chi connectivity index (χ3v) is 4.50. The van der Waals surface area contributed by atoms with E-state index in [-0.39, 0.29) is 35.0 Å². The molecule has 0 aliphatic heterocycles. The van der Waals surface area contributed by atoms with Crippen LogP contribution < -0.4 is 4.74 Å². The molecule has 0 saturated heterocycles. The molecule has 0 aliphatic carbocycles. The predicted octanol–water partition coefficient (Wildman–Crippen LogP) is 5.97. The van der Waals surface area contributed by atoms with Gasteiger partial charge in [-0.2, -0.15) is 26.3 Å². The Balaban J connectivity index is 2.56. The number of aromatic nitrogens is 1. The minimum Gasteiger partial charge on any atom is -0.455 e. The van der Waals surface area contributed by atoms with E-state index in [4.69, 9.17) is 4.74 Å². The highest BCUT2D eigenvalue weighted by atomic mass is 19.4. The molecule has 11 heteroatoms. The fraction of sp³-hybridized carbons (Fsp3) is 0.429. The van der Waals surface area contributed by atoms with E-state index in [0.717, 1.165) is 19.2 Å². The van der Waals surface area contributed by atoms with Gasteiger partial charge in [-0.3, -0.25) is 4.79 Å². The van der Waals surface area contributed by atoms with Crippen molar-refractivity contribution in [2.24, 2.45) is 0 Å². The van der Waals surface area contributed by atoms with E-state index in [1.165, 1.54) is 25.3 Å². The number of halogens is 6. The molecule has 0 atom stereocenters. The lowest BCUT2D eigenvalue weighted by Crippen LogP contribution is -2.56. The molecule has 0 bridgehead atoms. The highest BCUT2D eigenvalue weighted by Gasteiger charge is 2.73. The Kier molecular flexibility index (Phi) is 7.89. The molecule has 0 fully saturated rings. The van der Waals surface area contributed by atoms with Crippen molar-refractivity contribution in [2.45, 2.75) is 44.6 Å². The quantitative estimate of drug-likeness (QED) is 0.260. The third-order valence-electron chi connectivity index (χ3n) is 4.50. The van der Waals surface area contributed by atoms with E-state index < -0.39 is 30.3 Å². The Hall–Kier alpha value is -2.66. The average Bonchev–Trinajstić information content (AvgIpc) is 2.69. The van der Waals surface area contributed by atoms with Gasteiger partial charge in [-0.15, -0.1) is 0 Å². The van der Waals surface area contributed by atoms with Crippen LogP contribution in [0.2, 0.25) is 0 Å². The molecule has 0 spiro atoms. The van der Waals surface area contributed by atoms with Crippen molar-refractivity contribution in [3.63, 3.8) is 0 Å². The lowest BCUT2D eigenvalue weighted by atomic mass is 9.89. The van der Waals surface area contributed by atoms with Crippen LogP contribution in [0, 0.1) is 0 Å². The first-order valence-corrected chi connectivity index (χ1v) is 9.42. The number of rotatable bonds is 9. The summed E-state index contributed by atoms with van der Waals surface area (Å²) in [6.07, 6.45) is -9.84. The topological polar surface area (TPSA) is 57.7 Å². The summed E-state index contributed by atoms with van der Waals surface area (Å²) in [6.45, 7) is 1.80. The number of carbonyl (C=O) groups is 1. The van der Waals surface area contributed by atoms with Gasteiger partial charge >= 0.3 is 12.4 Å². The van der Waals surface area contributed by atoms with Gasteiger partial charge in [0.05, 0.1) is 6.20 Å². The predicted molar refractivity (Wildman–Crippen MR) is 102 cm³/mol. The molecular formula is C21H21F6NO4. The maximum atomic E-state index is 13.8. The van der Waals surface area contributed by atoms with Gasteiger partial charge < -0.3 is 14.2 Å². The van der Waals surface area contributed by atoms with Crippen LogP contribution in [0.15, 0.2) is 36.5 Å². The van der Waals surface area contributed by atoms with Crippen molar-refractivity contribution in [1.82, 2.24) is 4.98 Å². The second-order valence-corrected chi connectivity index (χ2v) is 6.84. The molecule has 2 aromatic rings. The molecule has 0 radical (unpaired) electrons. The van der Waals surface area contributed by atoms with Crippen molar-refractivity contribution in [2.75, 3.05) is 13.9 Å². The van der Waals surface area contributed by atoms with Gasteiger partial charge in [0.25, 0.3) is 5.60 Å². The van der Waals surface area contributed by atoms with Crippen LogP contribution in [0.5, 0.6) is 11.5 Å². The standard InChI is InChI=1S/C21H21F6NO4/c1-4-5-14-10-15(19(20(22,23)24,21(25,26)27)31-12-30-3)6-9-18(14)32-16-7-8-17(13(2)29)28-11-16/h6-11H,4-5,12H2,1-3H3. The molecule has 1 aromatic heterocycles. The smallest absolute Gasteiger partial charge is 0.430 e. The lowest BCUT2D eigenvalue weighted by molar-refractivity contribution is -0.400.